The number of benzene rings is 1. The minimum absolute atomic E-state index is 0.316. The summed E-state index contributed by atoms with van der Waals surface area (Å²) in [5.74, 6) is 2.57. The quantitative estimate of drug-likeness (QED) is 0.608. The van der Waals surface area contributed by atoms with E-state index in [1.807, 2.05) is 6.92 Å². The molecule has 4 heteroatoms. The van der Waals surface area contributed by atoms with Gasteiger partial charge < -0.3 is 0 Å². The van der Waals surface area contributed by atoms with Gasteiger partial charge >= 0.3 is 0 Å². The molecule has 98 valence electrons. The standard InChI is InChI=1S/C14H19NO2S/c1-3-4-5-6-7-12-15-18(16,17)14-10-8-13(2)9-11-14/h1,8-11,15H,4-7,12H2,2H3. The minimum atomic E-state index is -3.36. The van der Waals surface area contributed by atoms with E-state index in [-0.39, 0.29) is 0 Å². The fraction of sp³-hybridized carbons (Fsp3) is 0.429. The lowest BCUT2D eigenvalue weighted by atomic mass is 10.2. The van der Waals surface area contributed by atoms with Crippen molar-refractivity contribution in [2.75, 3.05) is 6.54 Å². The van der Waals surface area contributed by atoms with Gasteiger partial charge in [0.2, 0.25) is 10.0 Å². The summed E-state index contributed by atoms with van der Waals surface area (Å²) in [6, 6.07) is 6.83. The van der Waals surface area contributed by atoms with Crippen molar-refractivity contribution in [1.82, 2.24) is 4.72 Å². The number of terminal acetylenes is 1. The first-order valence-electron chi connectivity index (χ1n) is 6.06. The van der Waals surface area contributed by atoms with Crippen molar-refractivity contribution >= 4 is 10.0 Å². The van der Waals surface area contributed by atoms with Crippen LogP contribution >= 0.6 is 0 Å². The molecule has 0 unspecified atom stereocenters. The molecule has 1 rings (SSSR count). The minimum Gasteiger partial charge on any atom is -0.211 e. The normalized spacial score (nSPS) is 11.1. The molecule has 18 heavy (non-hydrogen) atoms. The Balaban J connectivity index is 2.41. The molecule has 0 saturated carbocycles. The number of hydrogen-bond donors (Lipinski definition) is 1. The van der Waals surface area contributed by atoms with Crippen molar-refractivity contribution in [3.8, 4) is 12.3 Å². The first-order valence-corrected chi connectivity index (χ1v) is 7.54. The molecule has 0 amide bonds. The molecule has 0 aliphatic heterocycles. The highest BCUT2D eigenvalue weighted by molar-refractivity contribution is 7.89. The summed E-state index contributed by atoms with van der Waals surface area (Å²) in [4.78, 5) is 0.316. The molecule has 1 aromatic rings. The van der Waals surface area contributed by atoms with Crippen LogP contribution in [0.2, 0.25) is 0 Å². The molecule has 0 aromatic heterocycles. The highest BCUT2D eigenvalue weighted by Crippen LogP contribution is 2.10. The molecule has 0 aliphatic carbocycles. The molecule has 0 bridgehead atoms. The topological polar surface area (TPSA) is 46.2 Å². The average molecular weight is 265 g/mol. The molecule has 1 aromatic carbocycles. The van der Waals surface area contributed by atoms with Crippen LogP contribution in [-0.4, -0.2) is 15.0 Å². The Kier molecular flexibility index (Phi) is 5.90. The van der Waals surface area contributed by atoms with Crippen molar-refractivity contribution in [2.24, 2.45) is 0 Å². The zero-order valence-electron chi connectivity index (χ0n) is 10.6. The number of aryl methyl sites for hydroxylation is 1. The Morgan fingerprint density at radius 1 is 1.17 bits per heavy atom. The summed E-state index contributed by atoms with van der Waals surface area (Å²) >= 11 is 0. The van der Waals surface area contributed by atoms with Gasteiger partial charge in [-0.3, -0.25) is 0 Å². The van der Waals surface area contributed by atoms with Gasteiger partial charge in [-0.25, -0.2) is 13.1 Å². The summed E-state index contributed by atoms with van der Waals surface area (Å²) < 4.78 is 26.4. The third-order valence-corrected chi connectivity index (χ3v) is 4.10. The van der Waals surface area contributed by atoms with Crippen molar-refractivity contribution in [3.63, 3.8) is 0 Å². The maximum absolute atomic E-state index is 11.9. The molecule has 0 heterocycles. The molecule has 0 spiro atoms. The Hall–Kier alpha value is -1.31. The second kappa shape index (κ2) is 7.20. The van der Waals surface area contributed by atoms with Crippen molar-refractivity contribution in [1.29, 1.82) is 0 Å². The fourth-order valence-electron chi connectivity index (χ4n) is 1.54. The van der Waals surface area contributed by atoms with E-state index in [9.17, 15) is 8.42 Å². The van der Waals surface area contributed by atoms with Gasteiger partial charge in [-0.2, -0.15) is 0 Å². The van der Waals surface area contributed by atoms with Gasteiger partial charge in [-0.1, -0.05) is 24.1 Å². The lowest BCUT2D eigenvalue weighted by Gasteiger charge is -2.06. The van der Waals surface area contributed by atoms with Crippen molar-refractivity contribution < 1.29 is 8.42 Å². The molecule has 1 N–H and O–H groups in total. The summed E-state index contributed by atoms with van der Waals surface area (Å²) in [6.07, 6.45) is 8.60. The van der Waals surface area contributed by atoms with E-state index in [2.05, 4.69) is 10.6 Å². The van der Waals surface area contributed by atoms with E-state index in [0.717, 1.165) is 31.2 Å². The van der Waals surface area contributed by atoms with E-state index < -0.39 is 10.0 Å². The smallest absolute Gasteiger partial charge is 0.211 e. The first-order chi connectivity index (χ1) is 8.56. The maximum Gasteiger partial charge on any atom is 0.240 e. The van der Waals surface area contributed by atoms with Crippen LogP contribution in [0.4, 0.5) is 0 Å². The number of nitrogens with one attached hydrogen (secondary N) is 1. The Labute approximate surface area is 110 Å². The molecular formula is C14H19NO2S. The van der Waals surface area contributed by atoms with E-state index in [0.29, 0.717) is 11.4 Å². The molecule has 0 aliphatic rings. The second-order valence-electron chi connectivity index (χ2n) is 4.23. The van der Waals surface area contributed by atoms with Crippen LogP contribution < -0.4 is 4.72 Å². The second-order valence-corrected chi connectivity index (χ2v) is 5.99. The molecular weight excluding hydrogens is 246 g/mol. The van der Waals surface area contributed by atoms with E-state index >= 15 is 0 Å². The molecule has 0 radical (unpaired) electrons. The van der Waals surface area contributed by atoms with Gasteiger partial charge in [0, 0.05) is 13.0 Å². The van der Waals surface area contributed by atoms with Crippen LogP contribution in [0.3, 0.4) is 0 Å². The molecule has 0 fully saturated rings. The zero-order valence-corrected chi connectivity index (χ0v) is 11.5. The monoisotopic (exact) mass is 265 g/mol. The van der Waals surface area contributed by atoms with E-state index in [4.69, 9.17) is 6.42 Å². The SMILES string of the molecule is C#CCCCCCNS(=O)(=O)c1ccc(C)cc1. The van der Waals surface area contributed by atoms with Crippen LogP contribution in [0.1, 0.15) is 31.2 Å². The summed E-state index contributed by atoms with van der Waals surface area (Å²) in [6.45, 7) is 2.39. The Morgan fingerprint density at radius 3 is 2.44 bits per heavy atom. The molecule has 0 saturated heterocycles. The lowest BCUT2D eigenvalue weighted by molar-refractivity contribution is 0.575. The highest BCUT2D eigenvalue weighted by atomic mass is 32.2. The third-order valence-electron chi connectivity index (χ3n) is 2.62. The van der Waals surface area contributed by atoms with Crippen LogP contribution in [0.15, 0.2) is 29.2 Å². The van der Waals surface area contributed by atoms with Gasteiger partial charge in [-0.15, -0.1) is 12.3 Å². The third kappa shape index (κ3) is 4.91. The van der Waals surface area contributed by atoms with Gasteiger partial charge in [0.15, 0.2) is 0 Å². The van der Waals surface area contributed by atoms with Crippen LogP contribution in [-0.2, 0) is 10.0 Å². The Morgan fingerprint density at radius 2 is 1.83 bits per heavy atom. The number of hydrogen-bond acceptors (Lipinski definition) is 2. The lowest BCUT2D eigenvalue weighted by Crippen LogP contribution is -2.24. The Bertz CT molecular complexity index is 498. The maximum atomic E-state index is 11.9. The van der Waals surface area contributed by atoms with Crippen LogP contribution in [0, 0.1) is 19.3 Å². The summed E-state index contributed by atoms with van der Waals surface area (Å²) in [5, 5.41) is 0. The van der Waals surface area contributed by atoms with Crippen LogP contribution in [0.5, 0.6) is 0 Å². The van der Waals surface area contributed by atoms with Gasteiger partial charge in [0.1, 0.15) is 0 Å². The number of sulfonamides is 1. The van der Waals surface area contributed by atoms with Gasteiger partial charge in [-0.05, 0) is 31.9 Å². The summed E-state index contributed by atoms with van der Waals surface area (Å²) in [5.41, 5.74) is 1.04. The summed E-state index contributed by atoms with van der Waals surface area (Å²) in [7, 11) is -3.36. The van der Waals surface area contributed by atoms with Gasteiger partial charge in [0.25, 0.3) is 0 Å². The fourth-order valence-corrected chi connectivity index (χ4v) is 2.61. The van der Waals surface area contributed by atoms with Crippen molar-refractivity contribution in [2.45, 2.75) is 37.5 Å². The van der Waals surface area contributed by atoms with Crippen LogP contribution in [0.25, 0.3) is 0 Å². The predicted molar refractivity (Wildman–Crippen MR) is 73.7 cm³/mol. The number of rotatable bonds is 7. The largest absolute Gasteiger partial charge is 0.240 e. The average Bonchev–Trinajstić information content (AvgIpc) is 2.34. The van der Waals surface area contributed by atoms with Gasteiger partial charge in [0.05, 0.1) is 4.90 Å². The molecule has 0 atom stereocenters. The predicted octanol–water partition coefficient (Wildman–Crippen LogP) is 2.47. The first kappa shape index (κ1) is 14.7. The van der Waals surface area contributed by atoms with E-state index in [1.54, 1.807) is 24.3 Å². The number of unbranched alkanes of at least 4 members (excludes halogenated alkanes) is 3. The highest BCUT2D eigenvalue weighted by Gasteiger charge is 2.12. The van der Waals surface area contributed by atoms with E-state index in [1.165, 1.54) is 0 Å². The van der Waals surface area contributed by atoms with Crippen molar-refractivity contribution in [3.05, 3.63) is 29.8 Å². The zero-order chi connectivity index (χ0) is 13.4. The molecule has 3 nitrogen and oxygen atoms in total.